The highest BCUT2D eigenvalue weighted by Gasteiger charge is 2.35. The molecule has 1 aromatic carbocycles. The third-order valence-electron chi connectivity index (χ3n) is 9.30. The molecule has 0 aliphatic heterocycles. The Labute approximate surface area is 311 Å². The number of amides is 5. The van der Waals surface area contributed by atoms with Crippen LogP contribution in [0.15, 0.2) is 36.9 Å². The fourth-order valence-electron chi connectivity index (χ4n) is 6.22. The standard InChI is InChI=1S/C37H60N8O8/c1-3-11-27(42-35(50)29(15-8-10-21-39)43-34(49)28(14-7-9-20-38)41-32(47)23(2)40)33(48)44-30(22-24-16-18-26(46)19-17-24)36(51)45-31(37(52)53)25-12-5-4-6-13-25/h3,16-19,23,25,27-31,46H,1,4-15,20-22,38-40H2,2H3,(H,41,47)(H,42,50)(H,43,49)(H,44,48)(H,45,51)(H,52,53)/t23-,27-,28-,29-,30-,31-/m0/s1. The van der Waals surface area contributed by atoms with Gasteiger partial charge in [0.2, 0.25) is 29.5 Å². The van der Waals surface area contributed by atoms with Gasteiger partial charge in [-0.3, -0.25) is 24.0 Å². The average Bonchev–Trinajstić information content (AvgIpc) is 3.13. The monoisotopic (exact) mass is 744 g/mol. The SMILES string of the molecule is C=CC[C@H](NC(=O)[C@H](CCCCN)NC(=O)[C@H](CCCCN)NC(=O)[C@H](C)N)C(=O)N[C@@H](Cc1ccc(O)cc1)C(=O)N[C@H](C(=O)O)C1CCCCC1. The predicted molar refractivity (Wildman–Crippen MR) is 200 cm³/mol. The zero-order valence-corrected chi connectivity index (χ0v) is 30.8. The summed E-state index contributed by atoms with van der Waals surface area (Å²) in [7, 11) is 0. The normalized spacial score (nSPS) is 16.5. The highest BCUT2D eigenvalue weighted by Crippen LogP contribution is 2.27. The van der Waals surface area contributed by atoms with Crippen molar-refractivity contribution in [1.29, 1.82) is 0 Å². The summed E-state index contributed by atoms with van der Waals surface area (Å²) in [6.07, 6.45) is 7.94. The van der Waals surface area contributed by atoms with Gasteiger partial charge in [-0.1, -0.05) is 37.5 Å². The van der Waals surface area contributed by atoms with Gasteiger partial charge in [0.05, 0.1) is 6.04 Å². The summed E-state index contributed by atoms with van der Waals surface area (Å²) in [5.41, 5.74) is 17.6. The van der Waals surface area contributed by atoms with Crippen molar-refractivity contribution in [3.8, 4) is 5.75 Å². The van der Waals surface area contributed by atoms with Crippen molar-refractivity contribution >= 4 is 35.5 Å². The minimum absolute atomic E-state index is 0.00194. The van der Waals surface area contributed by atoms with Crippen LogP contribution in [0.2, 0.25) is 0 Å². The minimum Gasteiger partial charge on any atom is -0.508 e. The molecule has 1 aliphatic rings. The molecule has 0 radical (unpaired) electrons. The van der Waals surface area contributed by atoms with Crippen molar-refractivity contribution in [2.45, 2.75) is 127 Å². The first-order chi connectivity index (χ1) is 25.3. The molecule has 0 bridgehead atoms. The van der Waals surface area contributed by atoms with E-state index in [1.54, 1.807) is 12.1 Å². The number of benzene rings is 1. The maximum absolute atomic E-state index is 13.8. The van der Waals surface area contributed by atoms with Crippen LogP contribution in [-0.4, -0.2) is 95.1 Å². The average molecular weight is 745 g/mol. The number of phenolic OH excluding ortho intramolecular Hbond substituents is 1. The molecule has 296 valence electrons. The van der Waals surface area contributed by atoms with Crippen LogP contribution in [0.5, 0.6) is 5.75 Å². The number of carbonyl (C=O) groups excluding carboxylic acids is 5. The second-order valence-corrected chi connectivity index (χ2v) is 13.7. The molecule has 1 saturated carbocycles. The van der Waals surface area contributed by atoms with Crippen LogP contribution in [0.1, 0.15) is 89.5 Å². The molecule has 0 saturated heterocycles. The molecule has 53 heavy (non-hydrogen) atoms. The molecule has 1 fully saturated rings. The molecule has 0 heterocycles. The molecule has 16 heteroatoms. The fraction of sp³-hybridized carbons (Fsp3) is 0.622. The van der Waals surface area contributed by atoms with Crippen molar-refractivity contribution in [1.82, 2.24) is 26.6 Å². The van der Waals surface area contributed by atoms with Crippen LogP contribution in [0.3, 0.4) is 0 Å². The molecule has 1 aromatic rings. The number of carboxylic acids is 1. The molecule has 5 amide bonds. The van der Waals surface area contributed by atoms with Crippen molar-refractivity contribution in [3.05, 3.63) is 42.5 Å². The van der Waals surface area contributed by atoms with Crippen LogP contribution in [-0.2, 0) is 35.2 Å². The molecule has 1 aliphatic carbocycles. The number of rotatable bonds is 24. The Bertz CT molecular complexity index is 1350. The molecule has 16 nitrogen and oxygen atoms in total. The van der Waals surface area contributed by atoms with Gasteiger partial charge in [-0.15, -0.1) is 6.58 Å². The molecule has 13 N–H and O–H groups in total. The van der Waals surface area contributed by atoms with Gasteiger partial charge in [0.1, 0.15) is 36.0 Å². The Hall–Kier alpha value is -4.54. The lowest BCUT2D eigenvalue weighted by atomic mass is 9.83. The number of unbranched alkanes of at least 4 members (excludes halogenated alkanes) is 2. The molecule has 0 aromatic heterocycles. The topological polar surface area (TPSA) is 281 Å². The highest BCUT2D eigenvalue weighted by molar-refractivity contribution is 5.96. The Morgan fingerprint density at radius 1 is 0.736 bits per heavy atom. The van der Waals surface area contributed by atoms with E-state index in [2.05, 4.69) is 33.2 Å². The number of nitrogens with one attached hydrogen (secondary N) is 5. The number of aliphatic carboxylic acids is 1. The van der Waals surface area contributed by atoms with Gasteiger partial charge in [0, 0.05) is 6.42 Å². The van der Waals surface area contributed by atoms with Gasteiger partial charge >= 0.3 is 5.97 Å². The van der Waals surface area contributed by atoms with Gasteiger partial charge in [0.25, 0.3) is 0 Å². The lowest BCUT2D eigenvalue weighted by molar-refractivity contribution is -0.144. The molecular formula is C37H60N8O8. The Kier molecular flexibility index (Phi) is 20.1. The van der Waals surface area contributed by atoms with E-state index in [0.29, 0.717) is 57.2 Å². The summed E-state index contributed by atoms with van der Waals surface area (Å²) in [6.45, 7) is 5.93. The first kappa shape index (κ1) is 44.6. The molecule has 2 rings (SSSR count). The van der Waals surface area contributed by atoms with Crippen LogP contribution >= 0.6 is 0 Å². The van der Waals surface area contributed by atoms with Crippen molar-refractivity contribution in [2.24, 2.45) is 23.1 Å². The van der Waals surface area contributed by atoms with Gasteiger partial charge < -0.3 is 54.0 Å². The van der Waals surface area contributed by atoms with Gasteiger partial charge in [-0.2, -0.15) is 0 Å². The van der Waals surface area contributed by atoms with Crippen molar-refractivity contribution in [3.63, 3.8) is 0 Å². The molecule has 0 spiro atoms. The van der Waals surface area contributed by atoms with E-state index in [-0.39, 0.29) is 37.4 Å². The van der Waals surface area contributed by atoms with Crippen LogP contribution in [0, 0.1) is 5.92 Å². The van der Waals surface area contributed by atoms with Crippen LogP contribution < -0.4 is 43.8 Å². The van der Waals surface area contributed by atoms with Gasteiger partial charge in [-0.05, 0) is 101 Å². The summed E-state index contributed by atoms with van der Waals surface area (Å²) in [4.78, 5) is 79.4. The number of carboxylic acid groups (broad SMARTS) is 1. The zero-order chi connectivity index (χ0) is 39.3. The van der Waals surface area contributed by atoms with Crippen molar-refractivity contribution < 1.29 is 39.0 Å². The number of aromatic hydroxyl groups is 1. The van der Waals surface area contributed by atoms with Gasteiger partial charge in [0.15, 0.2) is 0 Å². The van der Waals surface area contributed by atoms with E-state index < -0.39 is 71.8 Å². The zero-order valence-electron chi connectivity index (χ0n) is 30.8. The summed E-state index contributed by atoms with van der Waals surface area (Å²) in [5, 5.41) is 33.1. The van der Waals surface area contributed by atoms with E-state index in [4.69, 9.17) is 17.2 Å². The van der Waals surface area contributed by atoms with Gasteiger partial charge in [-0.25, -0.2) is 4.79 Å². The Morgan fingerprint density at radius 2 is 1.21 bits per heavy atom. The lowest BCUT2D eigenvalue weighted by Crippen LogP contribution is -2.59. The number of carbonyl (C=O) groups is 6. The van der Waals surface area contributed by atoms with E-state index >= 15 is 0 Å². The van der Waals surface area contributed by atoms with Crippen LogP contribution in [0.25, 0.3) is 0 Å². The number of hydrogen-bond donors (Lipinski definition) is 10. The smallest absolute Gasteiger partial charge is 0.326 e. The quantitative estimate of drug-likeness (QED) is 0.0504. The molecule has 6 atom stereocenters. The first-order valence-corrected chi connectivity index (χ1v) is 18.6. The number of hydrogen-bond acceptors (Lipinski definition) is 10. The highest BCUT2D eigenvalue weighted by atomic mass is 16.4. The lowest BCUT2D eigenvalue weighted by Gasteiger charge is -2.30. The molecular weight excluding hydrogens is 684 g/mol. The predicted octanol–water partition coefficient (Wildman–Crippen LogP) is 0.205. The van der Waals surface area contributed by atoms with E-state index in [1.165, 1.54) is 25.1 Å². The van der Waals surface area contributed by atoms with E-state index in [9.17, 15) is 39.0 Å². The number of phenols is 1. The molecule has 0 unspecified atom stereocenters. The summed E-state index contributed by atoms with van der Waals surface area (Å²) in [6, 6.07) is -0.576. The number of nitrogens with two attached hydrogens (primary N) is 3. The summed E-state index contributed by atoms with van der Waals surface area (Å²) in [5.74, 6) is -4.71. The third kappa shape index (κ3) is 15.9. The maximum atomic E-state index is 13.8. The van der Waals surface area contributed by atoms with Crippen molar-refractivity contribution in [2.75, 3.05) is 13.1 Å². The summed E-state index contributed by atoms with van der Waals surface area (Å²) >= 11 is 0. The second kappa shape index (κ2) is 23.9. The largest absolute Gasteiger partial charge is 0.508 e. The van der Waals surface area contributed by atoms with Crippen LogP contribution in [0.4, 0.5) is 0 Å². The second-order valence-electron chi connectivity index (χ2n) is 13.7. The van der Waals surface area contributed by atoms with E-state index in [1.807, 2.05) is 0 Å². The van der Waals surface area contributed by atoms with E-state index in [0.717, 1.165) is 19.3 Å². The third-order valence-corrected chi connectivity index (χ3v) is 9.30. The maximum Gasteiger partial charge on any atom is 0.326 e. The Morgan fingerprint density at radius 3 is 1.70 bits per heavy atom. The Balaban J connectivity index is 2.31. The fourth-order valence-corrected chi connectivity index (χ4v) is 6.22. The minimum atomic E-state index is -1.25. The summed E-state index contributed by atoms with van der Waals surface area (Å²) < 4.78 is 0. The first-order valence-electron chi connectivity index (χ1n) is 18.6.